The Morgan fingerprint density at radius 3 is 1.76 bits per heavy atom. The summed E-state index contributed by atoms with van der Waals surface area (Å²) >= 11 is 0. The van der Waals surface area contributed by atoms with Crippen molar-refractivity contribution in [2.75, 3.05) is 12.9 Å². The van der Waals surface area contributed by atoms with E-state index in [-0.39, 0.29) is 12.4 Å². The third kappa shape index (κ3) is 13.8. The maximum atomic E-state index is 11.7. The summed E-state index contributed by atoms with van der Waals surface area (Å²) in [4.78, 5) is 11.7. The molecule has 9 heteroatoms. The number of carbonyl (C=O) groups is 1. The molecule has 0 radical (unpaired) electrons. The molecule has 0 aliphatic carbocycles. The Kier molecular flexibility index (Phi) is 12.3. The molecule has 206 valence electrons. The maximum Gasteiger partial charge on any atom is 0.407 e. The third-order valence-electron chi connectivity index (χ3n) is 4.82. The smallest absolute Gasteiger partial charge is 0.407 e. The average Bonchev–Trinajstić information content (AvgIpc) is 2.84. The van der Waals surface area contributed by atoms with E-state index in [1.165, 1.54) is 23.3 Å². The molecule has 1 unspecified atom stereocenters. The first-order valence-corrected chi connectivity index (χ1v) is 14.0. The Hall–Kier alpha value is -3.40. The topological polar surface area (TPSA) is 111 Å². The largest absolute Gasteiger partial charge is 0.444 e. The summed E-state index contributed by atoms with van der Waals surface area (Å²) in [6.07, 6.45) is 0.733. The normalized spacial score (nSPS) is 12.0. The molecule has 0 bridgehead atoms. The van der Waals surface area contributed by atoms with Gasteiger partial charge in [0.15, 0.2) is 0 Å². The van der Waals surface area contributed by atoms with Gasteiger partial charge in [-0.25, -0.2) is 4.79 Å². The number of alkyl carbamates (subject to hydrolysis) is 1. The van der Waals surface area contributed by atoms with Crippen molar-refractivity contribution < 1.29 is 32.0 Å². The first-order valence-electron chi connectivity index (χ1n) is 12.2. The zero-order chi connectivity index (χ0) is 28.0. The van der Waals surface area contributed by atoms with Gasteiger partial charge in [0.1, 0.15) is 11.4 Å². The van der Waals surface area contributed by atoms with E-state index in [2.05, 4.69) is 29.6 Å². The van der Waals surface area contributed by atoms with Crippen LogP contribution in [0, 0.1) is 0 Å². The van der Waals surface area contributed by atoms with E-state index in [0.717, 1.165) is 11.8 Å². The van der Waals surface area contributed by atoms with E-state index >= 15 is 0 Å². The Morgan fingerprint density at radius 1 is 0.842 bits per heavy atom. The monoisotopic (exact) mass is 543 g/mol. The van der Waals surface area contributed by atoms with Crippen molar-refractivity contribution in [1.82, 2.24) is 5.32 Å². The fourth-order valence-electron chi connectivity index (χ4n) is 3.21. The summed E-state index contributed by atoms with van der Waals surface area (Å²) in [5.41, 5.74) is 2.62. The van der Waals surface area contributed by atoms with Crippen LogP contribution in [0.25, 0.3) is 0 Å². The third-order valence-corrected chi connectivity index (χ3v) is 5.31. The highest BCUT2D eigenvalue weighted by atomic mass is 32.2. The van der Waals surface area contributed by atoms with Gasteiger partial charge in [0.2, 0.25) is 0 Å². The van der Waals surface area contributed by atoms with Crippen molar-refractivity contribution in [2.45, 2.75) is 52.0 Å². The quantitative estimate of drug-likeness (QED) is 0.352. The van der Waals surface area contributed by atoms with Gasteiger partial charge in [-0.3, -0.25) is 0 Å². The lowest BCUT2D eigenvalue weighted by atomic mass is 10.1. The second-order valence-corrected chi connectivity index (χ2v) is 11.2. The molecule has 8 nitrogen and oxygen atoms in total. The summed E-state index contributed by atoms with van der Waals surface area (Å²) < 4.78 is 37.5. The van der Waals surface area contributed by atoms with E-state index in [4.69, 9.17) is 13.7 Å². The zero-order valence-corrected chi connectivity index (χ0v) is 23.1. The number of hydrogen-bond donors (Lipinski definition) is 2. The van der Waals surface area contributed by atoms with Gasteiger partial charge in [-0.15, -0.1) is 0 Å². The SMILES string of the molecule is CC(C)(C)OC(=O)NC(CO)Cc1ccc(OS(C)(=O)=O)cc1.c1ccc(COCc2ccccc2)cc1. The van der Waals surface area contributed by atoms with Gasteiger partial charge in [0.05, 0.1) is 32.1 Å². The molecule has 1 amide bonds. The van der Waals surface area contributed by atoms with Crippen molar-refractivity contribution >= 4 is 16.2 Å². The first kappa shape index (κ1) is 30.8. The van der Waals surface area contributed by atoms with Crippen LogP contribution in [0.5, 0.6) is 5.75 Å². The van der Waals surface area contributed by atoms with Crippen molar-refractivity contribution in [3.05, 3.63) is 102 Å². The number of aliphatic hydroxyl groups excluding tert-OH is 1. The van der Waals surface area contributed by atoms with Crippen LogP contribution in [-0.2, 0) is 39.2 Å². The van der Waals surface area contributed by atoms with Gasteiger partial charge >= 0.3 is 16.2 Å². The molecule has 0 aromatic heterocycles. The number of amides is 1. The van der Waals surface area contributed by atoms with E-state index in [1.807, 2.05) is 36.4 Å². The van der Waals surface area contributed by atoms with Crippen LogP contribution in [0.4, 0.5) is 4.79 Å². The summed E-state index contributed by atoms with van der Waals surface area (Å²) in [7, 11) is -3.56. The van der Waals surface area contributed by atoms with Crippen molar-refractivity contribution in [3.63, 3.8) is 0 Å². The second kappa shape index (κ2) is 15.1. The summed E-state index contributed by atoms with van der Waals surface area (Å²) in [5.74, 6) is 0.205. The molecule has 0 saturated carbocycles. The molecule has 2 N–H and O–H groups in total. The minimum absolute atomic E-state index is 0.205. The summed E-state index contributed by atoms with van der Waals surface area (Å²) in [5, 5.41) is 12.0. The minimum Gasteiger partial charge on any atom is -0.444 e. The van der Waals surface area contributed by atoms with Crippen LogP contribution < -0.4 is 9.50 Å². The second-order valence-electron chi connectivity index (χ2n) is 9.63. The fourth-order valence-corrected chi connectivity index (χ4v) is 3.67. The summed E-state index contributed by atoms with van der Waals surface area (Å²) in [6, 6.07) is 26.3. The first-order chi connectivity index (χ1) is 17.9. The van der Waals surface area contributed by atoms with Crippen molar-refractivity contribution in [3.8, 4) is 5.75 Å². The molecule has 3 aromatic rings. The predicted molar refractivity (Wildman–Crippen MR) is 147 cm³/mol. The molecule has 3 aromatic carbocycles. The van der Waals surface area contributed by atoms with Crippen LogP contribution in [-0.4, -0.2) is 44.1 Å². The minimum atomic E-state index is -3.56. The summed E-state index contributed by atoms with van der Waals surface area (Å²) in [6.45, 7) is 6.36. The number of carbonyl (C=O) groups excluding carboxylic acids is 1. The van der Waals surface area contributed by atoms with Crippen LogP contribution in [0.3, 0.4) is 0 Å². The van der Waals surface area contributed by atoms with Gasteiger partial charge in [0.25, 0.3) is 0 Å². The van der Waals surface area contributed by atoms with Gasteiger partial charge in [-0.05, 0) is 56.0 Å². The molecule has 0 fully saturated rings. The number of hydrogen-bond acceptors (Lipinski definition) is 7. The number of aliphatic hydroxyl groups is 1. The number of benzene rings is 3. The molecule has 0 spiro atoms. The lowest BCUT2D eigenvalue weighted by molar-refractivity contribution is 0.0482. The molecule has 1 atom stereocenters. The van der Waals surface area contributed by atoms with E-state index < -0.39 is 27.9 Å². The molecule has 0 aliphatic heterocycles. The molecular weight excluding hydrogens is 506 g/mol. The highest BCUT2D eigenvalue weighted by molar-refractivity contribution is 7.86. The van der Waals surface area contributed by atoms with E-state index in [0.29, 0.717) is 19.6 Å². The van der Waals surface area contributed by atoms with Crippen LogP contribution in [0.15, 0.2) is 84.9 Å². The van der Waals surface area contributed by atoms with E-state index in [1.54, 1.807) is 32.9 Å². The number of rotatable bonds is 10. The Labute approximate surface area is 225 Å². The molecule has 0 aliphatic rings. The van der Waals surface area contributed by atoms with Gasteiger partial charge in [0, 0.05) is 0 Å². The van der Waals surface area contributed by atoms with E-state index in [9.17, 15) is 18.3 Å². The highest BCUT2D eigenvalue weighted by Crippen LogP contribution is 2.15. The maximum absolute atomic E-state index is 11.7. The zero-order valence-electron chi connectivity index (χ0n) is 22.3. The number of ether oxygens (including phenoxy) is 2. The lowest BCUT2D eigenvalue weighted by Crippen LogP contribution is -2.42. The van der Waals surface area contributed by atoms with Crippen LogP contribution >= 0.6 is 0 Å². The molecule has 38 heavy (non-hydrogen) atoms. The Balaban J connectivity index is 0.000000290. The Bertz CT molecular complexity index is 1150. The molecule has 0 heterocycles. The van der Waals surface area contributed by atoms with Gasteiger partial charge < -0.3 is 24.1 Å². The molecule has 3 rings (SSSR count). The van der Waals surface area contributed by atoms with Crippen molar-refractivity contribution in [2.24, 2.45) is 0 Å². The molecular formula is C29H37NO7S. The van der Waals surface area contributed by atoms with Crippen LogP contribution in [0.1, 0.15) is 37.5 Å². The Morgan fingerprint density at radius 2 is 1.34 bits per heavy atom. The van der Waals surface area contributed by atoms with Crippen molar-refractivity contribution in [1.29, 1.82) is 0 Å². The van der Waals surface area contributed by atoms with Crippen LogP contribution in [0.2, 0.25) is 0 Å². The average molecular weight is 544 g/mol. The fraction of sp³-hybridized carbons (Fsp3) is 0.345. The van der Waals surface area contributed by atoms with Gasteiger partial charge in [-0.1, -0.05) is 72.8 Å². The van der Waals surface area contributed by atoms with Gasteiger partial charge in [-0.2, -0.15) is 8.42 Å². The highest BCUT2D eigenvalue weighted by Gasteiger charge is 2.19. The predicted octanol–water partition coefficient (Wildman–Crippen LogP) is 4.86. The number of nitrogens with one attached hydrogen (secondary N) is 1. The molecule has 0 saturated heterocycles. The lowest BCUT2D eigenvalue weighted by Gasteiger charge is -2.22. The standard InChI is InChI=1S/C15H23NO6S.C14H14O/c1-15(2,3)21-14(18)16-12(10-17)9-11-5-7-13(8-6-11)22-23(4,19)20;1-3-7-13(8-4-1)11-15-12-14-9-5-2-6-10-14/h5-8,12,17H,9-10H2,1-4H3,(H,16,18);1-10H,11-12H2.